The van der Waals surface area contributed by atoms with Crippen molar-refractivity contribution in [1.29, 1.82) is 0 Å². The molecule has 0 aliphatic rings. The summed E-state index contributed by atoms with van der Waals surface area (Å²) in [5.74, 6) is 0.443. The number of ether oxygens (including phenoxy) is 1. The summed E-state index contributed by atoms with van der Waals surface area (Å²) in [6.45, 7) is 2.62. The lowest BCUT2D eigenvalue weighted by atomic mass is 9.79. The molecule has 15 heavy (non-hydrogen) atoms. The van der Waals surface area contributed by atoms with Crippen LogP contribution in [0.3, 0.4) is 0 Å². The first-order valence-corrected chi connectivity index (χ1v) is 5.03. The van der Waals surface area contributed by atoms with Crippen LogP contribution in [0, 0.1) is 0 Å². The highest BCUT2D eigenvalue weighted by Gasteiger charge is 2.16. The SMILES string of the molecule is CCCCOc1cc(N)ccc1B(O)O. The first kappa shape index (κ1) is 11.9. The van der Waals surface area contributed by atoms with Crippen molar-refractivity contribution in [3.05, 3.63) is 18.2 Å². The fourth-order valence-electron chi connectivity index (χ4n) is 1.22. The second-order valence-electron chi connectivity index (χ2n) is 3.37. The summed E-state index contributed by atoms with van der Waals surface area (Å²) in [4.78, 5) is 0. The third-order valence-corrected chi connectivity index (χ3v) is 2.07. The average Bonchev–Trinajstić information content (AvgIpc) is 2.18. The third-order valence-electron chi connectivity index (χ3n) is 2.07. The largest absolute Gasteiger partial charge is 0.494 e. The Kier molecular flexibility index (Phi) is 4.46. The van der Waals surface area contributed by atoms with E-state index in [1.54, 1.807) is 18.2 Å². The average molecular weight is 209 g/mol. The summed E-state index contributed by atoms with van der Waals surface area (Å²) >= 11 is 0. The van der Waals surface area contributed by atoms with E-state index in [0.717, 1.165) is 12.8 Å². The predicted octanol–water partition coefficient (Wildman–Crippen LogP) is 0.127. The summed E-state index contributed by atoms with van der Waals surface area (Å²) in [5.41, 5.74) is 6.48. The molecule has 5 heteroatoms. The number of rotatable bonds is 5. The summed E-state index contributed by atoms with van der Waals surface area (Å²) < 4.78 is 5.42. The Bertz CT molecular complexity index is 318. The molecule has 0 aliphatic heterocycles. The van der Waals surface area contributed by atoms with Crippen LogP contribution in [0.25, 0.3) is 0 Å². The third kappa shape index (κ3) is 3.45. The quantitative estimate of drug-likeness (QED) is 0.366. The van der Waals surface area contributed by atoms with Crippen LogP contribution in [0.4, 0.5) is 5.69 Å². The molecule has 0 aromatic heterocycles. The first-order chi connectivity index (χ1) is 7.15. The molecule has 0 spiro atoms. The van der Waals surface area contributed by atoms with Crippen LogP contribution in [0.5, 0.6) is 5.75 Å². The molecule has 0 bridgehead atoms. The van der Waals surface area contributed by atoms with E-state index in [4.69, 9.17) is 20.5 Å². The van der Waals surface area contributed by atoms with Crippen molar-refractivity contribution >= 4 is 18.3 Å². The lowest BCUT2D eigenvalue weighted by molar-refractivity contribution is 0.310. The maximum Gasteiger partial charge on any atom is 0.492 e. The lowest BCUT2D eigenvalue weighted by Gasteiger charge is -2.11. The van der Waals surface area contributed by atoms with E-state index in [2.05, 4.69) is 6.92 Å². The van der Waals surface area contributed by atoms with Gasteiger partial charge < -0.3 is 20.5 Å². The zero-order chi connectivity index (χ0) is 11.3. The maximum atomic E-state index is 9.09. The van der Waals surface area contributed by atoms with E-state index >= 15 is 0 Å². The van der Waals surface area contributed by atoms with Crippen molar-refractivity contribution in [3.8, 4) is 5.75 Å². The van der Waals surface area contributed by atoms with Gasteiger partial charge >= 0.3 is 7.12 Å². The molecule has 1 rings (SSSR count). The van der Waals surface area contributed by atoms with Crippen LogP contribution in [0.15, 0.2) is 18.2 Å². The number of hydrogen-bond donors (Lipinski definition) is 3. The van der Waals surface area contributed by atoms with Gasteiger partial charge in [0.05, 0.1) is 6.61 Å². The molecule has 1 aromatic rings. The molecule has 0 saturated heterocycles. The van der Waals surface area contributed by atoms with Crippen LogP contribution >= 0.6 is 0 Å². The normalized spacial score (nSPS) is 10.1. The number of nitrogens with two attached hydrogens (primary N) is 1. The second-order valence-corrected chi connectivity index (χ2v) is 3.37. The van der Waals surface area contributed by atoms with Gasteiger partial charge in [-0.15, -0.1) is 0 Å². The van der Waals surface area contributed by atoms with Gasteiger partial charge in [0.2, 0.25) is 0 Å². The number of unbranched alkanes of at least 4 members (excludes halogenated alkanes) is 1. The molecule has 0 fully saturated rings. The van der Waals surface area contributed by atoms with Gasteiger partial charge in [0, 0.05) is 17.2 Å². The van der Waals surface area contributed by atoms with E-state index in [-0.39, 0.29) is 0 Å². The van der Waals surface area contributed by atoms with Crippen LogP contribution < -0.4 is 15.9 Å². The van der Waals surface area contributed by atoms with Crippen molar-refractivity contribution in [2.24, 2.45) is 0 Å². The van der Waals surface area contributed by atoms with Gasteiger partial charge in [-0.2, -0.15) is 0 Å². The van der Waals surface area contributed by atoms with E-state index < -0.39 is 7.12 Å². The van der Waals surface area contributed by atoms with Gasteiger partial charge in [0.25, 0.3) is 0 Å². The molecule has 0 heterocycles. The van der Waals surface area contributed by atoms with Crippen LogP contribution in [0.1, 0.15) is 19.8 Å². The Hall–Kier alpha value is -1.20. The van der Waals surface area contributed by atoms with Gasteiger partial charge in [-0.05, 0) is 12.5 Å². The number of nitrogen functional groups attached to an aromatic ring is 1. The zero-order valence-corrected chi connectivity index (χ0v) is 8.81. The molecule has 0 radical (unpaired) electrons. The Morgan fingerprint density at radius 2 is 2.13 bits per heavy atom. The number of hydrogen-bond acceptors (Lipinski definition) is 4. The van der Waals surface area contributed by atoms with Crippen molar-refractivity contribution in [1.82, 2.24) is 0 Å². The zero-order valence-electron chi connectivity index (χ0n) is 8.81. The van der Waals surface area contributed by atoms with Crippen LogP contribution in [-0.2, 0) is 0 Å². The highest BCUT2D eigenvalue weighted by Crippen LogP contribution is 2.13. The molecule has 82 valence electrons. The van der Waals surface area contributed by atoms with Gasteiger partial charge in [0.15, 0.2) is 0 Å². The van der Waals surface area contributed by atoms with Crippen molar-refractivity contribution in [3.63, 3.8) is 0 Å². The van der Waals surface area contributed by atoms with Crippen molar-refractivity contribution < 1.29 is 14.8 Å². The molecule has 4 N–H and O–H groups in total. The summed E-state index contributed by atoms with van der Waals surface area (Å²) in [5, 5.41) is 18.2. The maximum absolute atomic E-state index is 9.09. The Morgan fingerprint density at radius 3 is 2.73 bits per heavy atom. The first-order valence-electron chi connectivity index (χ1n) is 5.03. The molecule has 0 saturated carbocycles. The van der Waals surface area contributed by atoms with Gasteiger partial charge in [-0.3, -0.25) is 0 Å². The molecular formula is C10H16BNO3. The van der Waals surface area contributed by atoms with E-state index in [9.17, 15) is 0 Å². The minimum Gasteiger partial charge on any atom is -0.494 e. The summed E-state index contributed by atoms with van der Waals surface area (Å²) in [7, 11) is -1.53. The number of anilines is 1. The Morgan fingerprint density at radius 1 is 1.40 bits per heavy atom. The van der Waals surface area contributed by atoms with Gasteiger partial charge in [-0.1, -0.05) is 19.4 Å². The Balaban J connectivity index is 2.77. The monoisotopic (exact) mass is 209 g/mol. The Labute approximate surface area is 89.8 Å². The summed E-state index contributed by atoms with van der Waals surface area (Å²) in [6.07, 6.45) is 1.95. The molecule has 1 aromatic carbocycles. The molecule has 0 aliphatic carbocycles. The van der Waals surface area contributed by atoms with E-state index in [1.807, 2.05) is 0 Å². The fourth-order valence-corrected chi connectivity index (χ4v) is 1.22. The molecule has 0 unspecified atom stereocenters. The van der Waals surface area contributed by atoms with Gasteiger partial charge in [-0.25, -0.2) is 0 Å². The standard InChI is InChI=1S/C10H16BNO3/c1-2-3-6-15-10-7-8(12)4-5-9(10)11(13)14/h4-5,7,13-14H,2-3,6,12H2,1H3. The molecular weight excluding hydrogens is 193 g/mol. The molecule has 4 nitrogen and oxygen atoms in total. The van der Waals surface area contributed by atoms with Crippen LogP contribution in [0.2, 0.25) is 0 Å². The van der Waals surface area contributed by atoms with Crippen molar-refractivity contribution in [2.75, 3.05) is 12.3 Å². The minimum absolute atomic E-state index is 0.348. The molecule has 0 amide bonds. The smallest absolute Gasteiger partial charge is 0.492 e. The van der Waals surface area contributed by atoms with Gasteiger partial charge in [0.1, 0.15) is 5.75 Å². The summed E-state index contributed by atoms with van der Waals surface area (Å²) in [6, 6.07) is 4.77. The van der Waals surface area contributed by atoms with E-state index in [1.165, 1.54) is 0 Å². The lowest BCUT2D eigenvalue weighted by Crippen LogP contribution is -2.31. The topological polar surface area (TPSA) is 75.7 Å². The van der Waals surface area contributed by atoms with Crippen LogP contribution in [-0.4, -0.2) is 23.8 Å². The minimum atomic E-state index is -1.53. The predicted molar refractivity (Wildman–Crippen MR) is 61.1 cm³/mol. The highest BCUT2D eigenvalue weighted by molar-refractivity contribution is 6.59. The van der Waals surface area contributed by atoms with Crippen molar-refractivity contribution in [2.45, 2.75) is 19.8 Å². The molecule has 0 atom stereocenters. The fraction of sp³-hybridized carbons (Fsp3) is 0.400. The highest BCUT2D eigenvalue weighted by atomic mass is 16.5. The second kappa shape index (κ2) is 5.63. The van der Waals surface area contributed by atoms with E-state index in [0.29, 0.717) is 23.5 Å². The number of benzene rings is 1.